The smallest absolute Gasteiger partial charge is 0.240 e. The van der Waals surface area contributed by atoms with Gasteiger partial charge < -0.3 is 9.73 Å². The number of benzene rings is 1. The highest BCUT2D eigenvalue weighted by molar-refractivity contribution is 7.89. The second-order valence-electron chi connectivity index (χ2n) is 9.30. The molecule has 4 atom stereocenters. The molecule has 0 spiro atoms. The van der Waals surface area contributed by atoms with E-state index in [2.05, 4.69) is 19.9 Å². The van der Waals surface area contributed by atoms with Crippen LogP contribution in [-0.2, 0) is 14.8 Å². The van der Waals surface area contributed by atoms with Crippen molar-refractivity contribution in [3.63, 3.8) is 0 Å². The van der Waals surface area contributed by atoms with Gasteiger partial charge in [0.05, 0.1) is 11.2 Å². The first kappa shape index (κ1) is 23.7. The van der Waals surface area contributed by atoms with E-state index in [4.69, 9.17) is 9.40 Å². The Morgan fingerprint density at radius 2 is 2.00 bits per heavy atom. The molecule has 0 aliphatic carbocycles. The van der Waals surface area contributed by atoms with Gasteiger partial charge in [0.25, 0.3) is 0 Å². The van der Waals surface area contributed by atoms with Gasteiger partial charge in [-0.1, -0.05) is 0 Å². The number of aromatic nitrogens is 2. The molecule has 1 unspecified atom stereocenters. The normalized spacial score (nSPS) is 23.8. The number of furan rings is 1. The van der Waals surface area contributed by atoms with Crippen molar-refractivity contribution >= 4 is 21.6 Å². The first-order valence-electron chi connectivity index (χ1n) is 11.8. The van der Waals surface area contributed by atoms with Crippen LogP contribution in [0.25, 0.3) is 11.5 Å². The summed E-state index contributed by atoms with van der Waals surface area (Å²) in [5.41, 5.74) is 2.38. The van der Waals surface area contributed by atoms with Crippen LogP contribution in [0.5, 0.6) is 0 Å². The molecule has 3 saturated heterocycles. The monoisotopic (exact) mass is 495 g/mol. The zero-order chi connectivity index (χ0) is 24.6. The molecule has 0 saturated carbocycles. The highest BCUT2D eigenvalue weighted by atomic mass is 32.2. The number of carbonyl (C=O) groups is 1. The Morgan fingerprint density at radius 1 is 1.20 bits per heavy atom. The van der Waals surface area contributed by atoms with Crippen molar-refractivity contribution in [2.75, 3.05) is 25.0 Å². The lowest BCUT2D eigenvalue weighted by molar-refractivity contribution is -0.114. The van der Waals surface area contributed by atoms with Gasteiger partial charge in [0.15, 0.2) is 5.76 Å². The minimum atomic E-state index is -3.64. The lowest BCUT2D eigenvalue weighted by atomic mass is 9.74. The molecule has 1 amide bonds. The van der Waals surface area contributed by atoms with Crippen molar-refractivity contribution in [2.24, 2.45) is 5.92 Å². The van der Waals surface area contributed by atoms with E-state index in [-0.39, 0.29) is 22.8 Å². The third-order valence-electron chi connectivity index (χ3n) is 6.88. The van der Waals surface area contributed by atoms with Crippen LogP contribution in [0.2, 0.25) is 0 Å². The predicted molar refractivity (Wildman–Crippen MR) is 131 cm³/mol. The fourth-order valence-corrected chi connectivity index (χ4v) is 6.30. The maximum Gasteiger partial charge on any atom is 0.240 e. The van der Waals surface area contributed by atoms with Gasteiger partial charge >= 0.3 is 0 Å². The Kier molecular flexibility index (Phi) is 6.43. The van der Waals surface area contributed by atoms with Crippen LogP contribution < -0.4 is 10.0 Å². The van der Waals surface area contributed by atoms with Crippen LogP contribution in [0.3, 0.4) is 0 Å². The summed E-state index contributed by atoms with van der Waals surface area (Å²) in [6.07, 6.45) is 3.62. The fraction of sp³-hybridized carbons (Fsp3) is 0.400. The number of nitrogens with one attached hydrogen (secondary N) is 2. The Labute approximate surface area is 205 Å². The molecular formula is C25H29N5O4S. The number of nitrogens with zero attached hydrogens (tertiary/aromatic N) is 3. The van der Waals surface area contributed by atoms with Gasteiger partial charge in [-0.05, 0) is 74.7 Å². The van der Waals surface area contributed by atoms with Crippen LogP contribution in [0.4, 0.5) is 5.69 Å². The number of fused-ring (bicyclic) bond motifs is 3. The minimum absolute atomic E-state index is 0.144. The van der Waals surface area contributed by atoms with E-state index in [0.717, 1.165) is 48.9 Å². The standard InChI is InChI=1S/C25H29N5O4S/c1-16-27-23(13-24(28-16)25-4-3-11-34-25)22-15-30-10-9-18(22)12-20(30)14-26-35(32,33)21-7-5-19(6-8-21)29-17(2)31/h3-8,11,13,18,20,22,26H,9-10,12,14-15H2,1-2H3,(H,29,31)/t18-,20+,22-/m0/s1. The topological polar surface area (TPSA) is 117 Å². The number of piperidine rings is 3. The average molecular weight is 496 g/mol. The van der Waals surface area contributed by atoms with Crippen LogP contribution in [-0.4, -0.2) is 54.9 Å². The van der Waals surface area contributed by atoms with Crippen molar-refractivity contribution in [2.45, 2.75) is 43.5 Å². The third-order valence-corrected chi connectivity index (χ3v) is 8.32. The van der Waals surface area contributed by atoms with Crippen molar-refractivity contribution < 1.29 is 17.6 Å². The summed E-state index contributed by atoms with van der Waals surface area (Å²) < 4.78 is 34.0. The molecule has 2 bridgehead atoms. The Bertz CT molecular complexity index is 1310. The second kappa shape index (κ2) is 9.52. The summed E-state index contributed by atoms with van der Waals surface area (Å²) in [6.45, 7) is 5.47. The summed E-state index contributed by atoms with van der Waals surface area (Å²) in [5, 5.41) is 2.64. The van der Waals surface area contributed by atoms with Gasteiger partial charge in [0.2, 0.25) is 15.9 Å². The first-order chi connectivity index (χ1) is 16.8. The highest BCUT2D eigenvalue weighted by Crippen LogP contribution is 2.41. The Balaban J connectivity index is 1.25. The number of carbonyl (C=O) groups excluding carboxylic acids is 1. The molecule has 1 aromatic carbocycles. The van der Waals surface area contributed by atoms with E-state index in [1.807, 2.05) is 25.1 Å². The number of hydrogen-bond acceptors (Lipinski definition) is 7. The molecule has 2 N–H and O–H groups in total. The van der Waals surface area contributed by atoms with Crippen LogP contribution >= 0.6 is 0 Å². The fourth-order valence-electron chi connectivity index (χ4n) is 5.23. The van der Waals surface area contributed by atoms with Gasteiger partial charge in [0.1, 0.15) is 11.5 Å². The first-order valence-corrected chi connectivity index (χ1v) is 13.3. The molecule has 3 aliphatic rings. The Hall–Kier alpha value is -3.08. The molecule has 6 rings (SSSR count). The molecule has 3 aliphatic heterocycles. The molecule has 184 valence electrons. The molecule has 3 aromatic rings. The number of amides is 1. The molecular weight excluding hydrogens is 466 g/mol. The predicted octanol–water partition coefficient (Wildman–Crippen LogP) is 3.16. The number of aryl methyl sites for hydroxylation is 1. The second-order valence-corrected chi connectivity index (χ2v) is 11.1. The summed E-state index contributed by atoms with van der Waals surface area (Å²) in [6, 6.07) is 12.1. The largest absolute Gasteiger partial charge is 0.463 e. The van der Waals surface area contributed by atoms with Crippen molar-refractivity contribution in [3.8, 4) is 11.5 Å². The highest BCUT2D eigenvalue weighted by Gasteiger charge is 2.41. The maximum absolute atomic E-state index is 12.8. The van der Waals surface area contributed by atoms with Crippen molar-refractivity contribution in [1.82, 2.24) is 19.6 Å². The van der Waals surface area contributed by atoms with E-state index in [0.29, 0.717) is 18.2 Å². The quantitative estimate of drug-likeness (QED) is 0.517. The van der Waals surface area contributed by atoms with Crippen molar-refractivity contribution in [3.05, 3.63) is 60.2 Å². The van der Waals surface area contributed by atoms with Crippen LogP contribution in [0, 0.1) is 12.8 Å². The summed E-state index contributed by atoms with van der Waals surface area (Å²) in [4.78, 5) is 23.0. The third kappa shape index (κ3) is 5.14. The maximum atomic E-state index is 12.8. The molecule has 3 fully saturated rings. The van der Waals surface area contributed by atoms with Gasteiger partial charge in [-0.2, -0.15) is 0 Å². The number of sulfonamides is 1. The summed E-state index contributed by atoms with van der Waals surface area (Å²) in [5.74, 6) is 1.97. The van der Waals surface area contributed by atoms with Crippen LogP contribution in [0.1, 0.15) is 37.2 Å². The Morgan fingerprint density at radius 3 is 2.66 bits per heavy atom. The van der Waals surface area contributed by atoms with E-state index in [1.165, 1.54) is 19.1 Å². The number of rotatable bonds is 7. The SMILES string of the molecule is CC(=O)Nc1ccc(S(=O)(=O)NC[C@H]2C[C@@H]3CCN2C[C@@H]3c2cc(-c3ccco3)nc(C)n2)cc1. The van der Waals surface area contributed by atoms with Gasteiger partial charge in [-0.25, -0.2) is 23.1 Å². The minimum Gasteiger partial charge on any atom is -0.463 e. The molecule has 2 aromatic heterocycles. The zero-order valence-corrected chi connectivity index (χ0v) is 20.6. The number of hydrogen-bond donors (Lipinski definition) is 2. The van der Waals surface area contributed by atoms with Gasteiger partial charge in [-0.3, -0.25) is 9.69 Å². The lowest BCUT2D eigenvalue weighted by Crippen LogP contribution is -2.56. The van der Waals surface area contributed by atoms with E-state index >= 15 is 0 Å². The molecule has 9 nitrogen and oxygen atoms in total. The molecule has 5 heterocycles. The van der Waals surface area contributed by atoms with Gasteiger partial charge in [0, 0.05) is 43.4 Å². The van der Waals surface area contributed by atoms with E-state index in [9.17, 15) is 13.2 Å². The van der Waals surface area contributed by atoms with Crippen LogP contribution in [0.15, 0.2) is 58.0 Å². The van der Waals surface area contributed by atoms with Crippen molar-refractivity contribution in [1.29, 1.82) is 0 Å². The zero-order valence-electron chi connectivity index (χ0n) is 19.8. The average Bonchev–Trinajstić information content (AvgIpc) is 3.38. The van der Waals surface area contributed by atoms with E-state index in [1.54, 1.807) is 18.4 Å². The molecule has 10 heteroatoms. The lowest BCUT2D eigenvalue weighted by Gasteiger charge is -2.49. The number of anilines is 1. The summed E-state index contributed by atoms with van der Waals surface area (Å²) >= 11 is 0. The van der Waals surface area contributed by atoms with E-state index < -0.39 is 10.0 Å². The summed E-state index contributed by atoms with van der Waals surface area (Å²) in [7, 11) is -3.64. The molecule has 0 radical (unpaired) electrons. The van der Waals surface area contributed by atoms with Gasteiger partial charge in [-0.15, -0.1) is 0 Å². The molecule has 35 heavy (non-hydrogen) atoms.